The van der Waals surface area contributed by atoms with Crippen LogP contribution in [0.2, 0.25) is 0 Å². The largest absolute Gasteiger partial charge is 0.457 e. The first-order valence-electron chi connectivity index (χ1n) is 8.16. The van der Waals surface area contributed by atoms with Crippen LogP contribution in [0.3, 0.4) is 0 Å². The number of rotatable bonds is 6. The molecular formula is C20H18N2O4S. The molecule has 138 valence electrons. The Morgan fingerprint density at radius 3 is 1.93 bits per heavy atom. The van der Waals surface area contributed by atoms with Crippen molar-refractivity contribution >= 4 is 27.3 Å². The third kappa shape index (κ3) is 5.08. The highest BCUT2D eigenvalue weighted by molar-refractivity contribution is 7.92. The maximum absolute atomic E-state index is 12.5. The van der Waals surface area contributed by atoms with E-state index < -0.39 is 10.0 Å². The van der Waals surface area contributed by atoms with Gasteiger partial charge in [0.1, 0.15) is 11.5 Å². The summed E-state index contributed by atoms with van der Waals surface area (Å²) in [5, 5.41) is 2.59. The van der Waals surface area contributed by atoms with Crippen LogP contribution in [0.5, 0.6) is 11.5 Å². The lowest BCUT2D eigenvalue weighted by molar-refractivity contribution is -0.114. The lowest BCUT2D eigenvalue weighted by atomic mass is 10.3. The van der Waals surface area contributed by atoms with Gasteiger partial charge in [-0.1, -0.05) is 18.2 Å². The second-order valence-electron chi connectivity index (χ2n) is 5.75. The number of anilines is 2. The van der Waals surface area contributed by atoms with E-state index in [4.69, 9.17) is 4.74 Å². The van der Waals surface area contributed by atoms with Crippen LogP contribution in [0.1, 0.15) is 6.92 Å². The highest BCUT2D eigenvalue weighted by atomic mass is 32.2. The molecule has 0 spiro atoms. The summed E-state index contributed by atoms with van der Waals surface area (Å²) < 4.78 is 33.2. The van der Waals surface area contributed by atoms with Crippen LogP contribution in [0.25, 0.3) is 0 Å². The second-order valence-corrected chi connectivity index (χ2v) is 7.43. The summed E-state index contributed by atoms with van der Waals surface area (Å²) in [6.45, 7) is 1.39. The highest BCUT2D eigenvalue weighted by Gasteiger charge is 2.14. The van der Waals surface area contributed by atoms with Gasteiger partial charge in [-0.05, 0) is 60.7 Å². The molecule has 0 aromatic heterocycles. The van der Waals surface area contributed by atoms with Crippen molar-refractivity contribution in [1.82, 2.24) is 0 Å². The summed E-state index contributed by atoms with van der Waals surface area (Å²) >= 11 is 0. The van der Waals surface area contributed by atoms with Gasteiger partial charge in [0.2, 0.25) is 5.91 Å². The van der Waals surface area contributed by atoms with Crippen LogP contribution >= 0.6 is 0 Å². The van der Waals surface area contributed by atoms with E-state index in [0.717, 1.165) is 0 Å². The molecule has 0 aliphatic rings. The molecule has 0 saturated carbocycles. The number of carbonyl (C=O) groups excluding carboxylic acids is 1. The molecule has 0 saturated heterocycles. The van der Waals surface area contributed by atoms with E-state index in [0.29, 0.717) is 22.9 Å². The smallest absolute Gasteiger partial charge is 0.261 e. The van der Waals surface area contributed by atoms with E-state index in [1.807, 2.05) is 30.3 Å². The summed E-state index contributed by atoms with van der Waals surface area (Å²) in [5.41, 5.74) is 0.949. The molecular weight excluding hydrogens is 364 g/mol. The molecule has 27 heavy (non-hydrogen) atoms. The standard InChI is InChI=1S/C20H18N2O4S/c1-15(23)21-16-9-13-20(14-10-16)27(24,25)22-17-7-11-19(12-8-17)26-18-5-3-2-4-6-18/h2-14,22H,1H3,(H,21,23). The van der Waals surface area contributed by atoms with E-state index in [2.05, 4.69) is 10.0 Å². The zero-order valence-corrected chi connectivity index (χ0v) is 15.4. The van der Waals surface area contributed by atoms with Crippen LogP contribution in [0, 0.1) is 0 Å². The normalized spacial score (nSPS) is 10.9. The van der Waals surface area contributed by atoms with Gasteiger partial charge >= 0.3 is 0 Å². The first kappa shape index (κ1) is 18.5. The molecule has 0 unspecified atom stereocenters. The number of benzene rings is 3. The molecule has 2 N–H and O–H groups in total. The zero-order valence-electron chi connectivity index (χ0n) is 14.5. The van der Waals surface area contributed by atoms with Crippen molar-refractivity contribution in [3.05, 3.63) is 78.9 Å². The SMILES string of the molecule is CC(=O)Nc1ccc(S(=O)(=O)Nc2ccc(Oc3ccccc3)cc2)cc1. The van der Waals surface area contributed by atoms with Gasteiger partial charge in [-0.15, -0.1) is 0 Å². The average molecular weight is 382 g/mol. The Kier molecular flexibility index (Phi) is 5.42. The third-order valence-corrected chi connectivity index (χ3v) is 4.97. The van der Waals surface area contributed by atoms with E-state index in [9.17, 15) is 13.2 Å². The van der Waals surface area contributed by atoms with Gasteiger partial charge in [0.15, 0.2) is 0 Å². The lowest BCUT2D eigenvalue weighted by Crippen LogP contribution is -2.13. The minimum Gasteiger partial charge on any atom is -0.457 e. The van der Waals surface area contributed by atoms with Gasteiger partial charge in [0.05, 0.1) is 4.90 Å². The fraction of sp³-hybridized carbons (Fsp3) is 0.0500. The fourth-order valence-electron chi connectivity index (χ4n) is 2.35. The molecule has 1 amide bonds. The van der Waals surface area contributed by atoms with E-state index in [-0.39, 0.29) is 10.8 Å². The molecule has 0 aliphatic heterocycles. The number of amides is 1. The monoisotopic (exact) mass is 382 g/mol. The molecule has 3 rings (SSSR count). The van der Waals surface area contributed by atoms with Crippen molar-refractivity contribution in [3.63, 3.8) is 0 Å². The highest BCUT2D eigenvalue weighted by Crippen LogP contribution is 2.24. The molecule has 0 bridgehead atoms. The quantitative estimate of drug-likeness (QED) is 0.668. The molecule has 7 heteroatoms. The number of hydrogen-bond acceptors (Lipinski definition) is 4. The first-order valence-corrected chi connectivity index (χ1v) is 9.64. The maximum atomic E-state index is 12.5. The summed E-state index contributed by atoms with van der Waals surface area (Å²) in [6.07, 6.45) is 0. The van der Waals surface area contributed by atoms with E-state index in [1.54, 1.807) is 24.3 Å². The fourth-order valence-corrected chi connectivity index (χ4v) is 3.41. The molecule has 0 heterocycles. The van der Waals surface area contributed by atoms with Crippen molar-refractivity contribution in [2.24, 2.45) is 0 Å². The van der Waals surface area contributed by atoms with Crippen molar-refractivity contribution in [3.8, 4) is 11.5 Å². The molecule has 0 atom stereocenters. The molecule has 0 fully saturated rings. The summed E-state index contributed by atoms with van der Waals surface area (Å²) in [7, 11) is -3.73. The Hall–Kier alpha value is -3.32. The Balaban J connectivity index is 1.69. The number of ether oxygens (including phenoxy) is 1. The van der Waals surface area contributed by atoms with Crippen LogP contribution in [0.15, 0.2) is 83.8 Å². The van der Waals surface area contributed by atoms with Crippen LogP contribution in [0.4, 0.5) is 11.4 Å². The van der Waals surface area contributed by atoms with Crippen LogP contribution < -0.4 is 14.8 Å². The Morgan fingerprint density at radius 2 is 1.33 bits per heavy atom. The van der Waals surface area contributed by atoms with Gasteiger partial charge in [0.25, 0.3) is 10.0 Å². The summed E-state index contributed by atoms with van der Waals surface area (Å²) in [5.74, 6) is 1.08. The van der Waals surface area contributed by atoms with Crippen molar-refractivity contribution in [1.29, 1.82) is 0 Å². The molecule has 0 radical (unpaired) electrons. The number of hydrogen-bond donors (Lipinski definition) is 2. The van der Waals surface area contributed by atoms with Crippen molar-refractivity contribution < 1.29 is 17.9 Å². The van der Waals surface area contributed by atoms with Crippen molar-refractivity contribution in [2.45, 2.75) is 11.8 Å². The van der Waals surface area contributed by atoms with E-state index in [1.165, 1.54) is 31.2 Å². The third-order valence-electron chi connectivity index (χ3n) is 3.57. The average Bonchev–Trinajstić information content (AvgIpc) is 2.64. The van der Waals surface area contributed by atoms with Gasteiger partial charge in [0, 0.05) is 18.3 Å². The lowest BCUT2D eigenvalue weighted by Gasteiger charge is -2.10. The Morgan fingerprint density at radius 1 is 0.778 bits per heavy atom. The first-order chi connectivity index (χ1) is 12.9. The molecule has 3 aromatic carbocycles. The minimum atomic E-state index is -3.73. The summed E-state index contributed by atoms with van der Waals surface area (Å²) in [4.78, 5) is 11.1. The van der Waals surface area contributed by atoms with Gasteiger partial charge in [-0.25, -0.2) is 8.42 Å². The minimum absolute atomic E-state index is 0.0983. The molecule has 6 nitrogen and oxygen atoms in total. The molecule has 0 aliphatic carbocycles. The van der Waals surface area contributed by atoms with Gasteiger partial charge in [-0.3, -0.25) is 9.52 Å². The number of nitrogens with one attached hydrogen (secondary N) is 2. The van der Waals surface area contributed by atoms with E-state index >= 15 is 0 Å². The second kappa shape index (κ2) is 7.92. The van der Waals surface area contributed by atoms with Gasteiger partial charge in [-0.2, -0.15) is 0 Å². The van der Waals surface area contributed by atoms with Crippen LogP contribution in [-0.2, 0) is 14.8 Å². The topological polar surface area (TPSA) is 84.5 Å². The van der Waals surface area contributed by atoms with Gasteiger partial charge < -0.3 is 10.1 Å². The summed E-state index contributed by atoms with van der Waals surface area (Å²) in [6, 6.07) is 21.9. The number of sulfonamides is 1. The number of carbonyl (C=O) groups is 1. The Bertz CT molecular complexity index is 1020. The Labute approximate surface area is 157 Å². The maximum Gasteiger partial charge on any atom is 0.261 e. The predicted molar refractivity (Wildman–Crippen MR) is 105 cm³/mol. The van der Waals surface area contributed by atoms with Crippen molar-refractivity contribution in [2.75, 3.05) is 10.0 Å². The zero-order chi connectivity index (χ0) is 19.3. The van der Waals surface area contributed by atoms with Crippen LogP contribution in [-0.4, -0.2) is 14.3 Å². The molecule has 3 aromatic rings. The predicted octanol–water partition coefficient (Wildman–Crippen LogP) is 4.24. The number of para-hydroxylation sites is 1.